The predicted octanol–water partition coefficient (Wildman–Crippen LogP) is 4.74. The van der Waals surface area contributed by atoms with Gasteiger partial charge in [0.1, 0.15) is 0 Å². The molecule has 0 fully saturated rings. The van der Waals surface area contributed by atoms with Gasteiger partial charge in [0.15, 0.2) is 0 Å². The molecule has 0 heterocycles. The SMILES string of the molecule is C=CCC(NC(C)(C)CC)c1cccc(Cl)c1. The summed E-state index contributed by atoms with van der Waals surface area (Å²) in [5, 5.41) is 4.44. The van der Waals surface area contributed by atoms with Crippen molar-refractivity contribution in [1.29, 1.82) is 0 Å². The molecule has 94 valence electrons. The summed E-state index contributed by atoms with van der Waals surface area (Å²) in [4.78, 5) is 0. The minimum atomic E-state index is 0.121. The molecular formula is C15H22ClN. The molecule has 0 aliphatic rings. The largest absolute Gasteiger partial charge is 0.305 e. The Balaban J connectivity index is 2.89. The lowest BCUT2D eigenvalue weighted by Gasteiger charge is -2.31. The zero-order valence-electron chi connectivity index (χ0n) is 11.0. The van der Waals surface area contributed by atoms with Crippen LogP contribution < -0.4 is 5.32 Å². The third-order valence-electron chi connectivity index (χ3n) is 3.10. The second kappa shape index (κ2) is 6.23. The molecule has 1 aromatic rings. The van der Waals surface area contributed by atoms with Crippen molar-refractivity contribution in [1.82, 2.24) is 5.32 Å². The van der Waals surface area contributed by atoms with Gasteiger partial charge in [-0.3, -0.25) is 0 Å². The second-order valence-corrected chi connectivity index (χ2v) is 5.45. The summed E-state index contributed by atoms with van der Waals surface area (Å²) in [6.45, 7) is 10.5. The normalized spacial score (nSPS) is 13.4. The Morgan fingerprint density at radius 3 is 2.71 bits per heavy atom. The Morgan fingerprint density at radius 1 is 1.47 bits per heavy atom. The lowest BCUT2D eigenvalue weighted by atomic mass is 9.96. The van der Waals surface area contributed by atoms with Crippen LogP contribution in [0.2, 0.25) is 5.02 Å². The maximum Gasteiger partial charge on any atom is 0.0409 e. The quantitative estimate of drug-likeness (QED) is 0.721. The van der Waals surface area contributed by atoms with Crippen molar-refractivity contribution in [3.63, 3.8) is 0 Å². The van der Waals surface area contributed by atoms with Crippen LogP contribution in [0.4, 0.5) is 0 Å². The Morgan fingerprint density at radius 2 is 2.18 bits per heavy atom. The third-order valence-corrected chi connectivity index (χ3v) is 3.34. The van der Waals surface area contributed by atoms with Gasteiger partial charge in [0.25, 0.3) is 0 Å². The molecule has 0 saturated carbocycles. The fraction of sp³-hybridized carbons (Fsp3) is 0.467. The van der Waals surface area contributed by atoms with Crippen LogP contribution >= 0.6 is 11.6 Å². The van der Waals surface area contributed by atoms with E-state index in [1.54, 1.807) is 0 Å². The van der Waals surface area contributed by atoms with E-state index in [0.29, 0.717) is 0 Å². The van der Waals surface area contributed by atoms with Gasteiger partial charge in [-0.2, -0.15) is 0 Å². The molecule has 0 aliphatic carbocycles. The number of nitrogens with one attached hydrogen (secondary N) is 1. The van der Waals surface area contributed by atoms with Gasteiger partial charge in [0.2, 0.25) is 0 Å². The molecule has 17 heavy (non-hydrogen) atoms. The van der Waals surface area contributed by atoms with Gasteiger partial charge in [-0.05, 0) is 44.4 Å². The van der Waals surface area contributed by atoms with Gasteiger partial charge in [-0.15, -0.1) is 6.58 Å². The van der Waals surface area contributed by atoms with E-state index in [1.807, 2.05) is 24.3 Å². The summed E-state index contributed by atoms with van der Waals surface area (Å²) in [6.07, 6.45) is 3.94. The zero-order chi connectivity index (χ0) is 12.9. The van der Waals surface area contributed by atoms with Crippen molar-refractivity contribution in [2.75, 3.05) is 0 Å². The van der Waals surface area contributed by atoms with E-state index in [-0.39, 0.29) is 11.6 Å². The second-order valence-electron chi connectivity index (χ2n) is 5.01. The summed E-state index contributed by atoms with van der Waals surface area (Å²) in [7, 11) is 0. The molecule has 1 atom stereocenters. The first kappa shape index (κ1) is 14.3. The van der Waals surface area contributed by atoms with Crippen molar-refractivity contribution in [3.8, 4) is 0 Å². The van der Waals surface area contributed by atoms with Crippen LogP contribution in [0.25, 0.3) is 0 Å². The van der Waals surface area contributed by atoms with Gasteiger partial charge in [0.05, 0.1) is 0 Å². The summed E-state index contributed by atoms with van der Waals surface area (Å²) in [6, 6.07) is 8.31. The highest BCUT2D eigenvalue weighted by Gasteiger charge is 2.20. The van der Waals surface area contributed by atoms with Crippen LogP contribution in [-0.2, 0) is 0 Å². The minimum Gasteiger partial charge on any atom is -0.305 e. The monoisotopic (exact) mass is 251 g/mol. The lowest BCUT2D eigenvalue weighted by molar-refractivity contribution is 0.327. The fourth-order valence-electron chi connectivity index (χ4n) is 1.74. The van der Waals surface area contributed by atoms with E-state index in [4.69, 9.17) is 11.6 Å². The molecular weight excluding hydrogens is 230 g/mol. The molecule has 0 radical (unpaired) electrons. The Hall–Kier alpha value is -0.790. The number of halogens is 1. The molecule has 0 saturated heterocycles. The number of hydrogen-bond donors (Lipinski definition) is 1. The van der Waals surface area contributed by atoms with Crippen molar-refractivity contribution < 1.29 is 0 Å². The molecule has 1 aromatic carbocycles. The van der Waals surface area contributed by atoms with E-state index < -0.39 is 0 Å². The van der Waals surface area contributed by atoms with Gasteiger partial charge in [-0.25, -0.2) is 0 Å². The molecule has 0 aliphatic heterocycles. The average Bonchev–Trinajstić information content (AvgIpc) is 2.28. The summed E-state index contributed by atoms with van der Waals surface area (Å²) in [5.74, 6) is 0. The van der Waals surface area contributed by atoms with Crippen molar-refractivity contribution >= 4 is 11.6 Å². The van der Waals surface area contributed by atoms with E-state index in [9.17, 15) is 0 Å². The highest BCUT2D eigenvalue weighted by molar-refractivity contribution is 6.30. The van der Waals surface area contributed by atoms with Crippen LogP contribution in [0, 0.1) is 0 Å². The molecule has 0 amide bonds. The lowest BCUT2D eigenvalue weighted by Crippen LogP contribution is -2.41. The first-order valence-corrected chi connectivity index (χ1v) is 6.50. The summed E-state index contributed by atoms with van der Waals surface area (Å²) in [5.41, 5.74) is 1.34. The Labute approximate surface area is 110 Å². The summed E-state index contributed by atoms with van der Waals surface area (Å²) < 4.78 is 0. The maximum absolute atomic E-state index is 6.04. The highest BCUT2D eigenvalue weighted by atomic mass is 35.5. The van der Waals surface area contributed by atoms with Gasteiger partial charge < -0.3 is 5.32 Å². The van der Waals surface area contributed by atoms with Crippen LogP contribution in [-0.4, -0.2) is 5.54 Å². The number of hydrogen-bond acceptors (Lipinski definition) is 1. The van der Waals surface area contributed by atoms with Crippen LogP contribution in [0.5, 0.6) is 0 Å². The molecule has 2 heteroatoms. The van der Waals surface area contributed by atoms with Gasteiger partial charge in [0, 0.05) is 16.6 Å². The molecule has 1 rings (SSSR count). The topological polar surface area (TPSA) is 12.0 Å². The van der Waals surface area contributed by atoms with E-state index in [0.717, 1.165) is 17.9 Å². The Bertz CT molecular complexity index is 371. The van der Waals surface area contributed by atoms with E-state index >= 15 is 0 Å². The van der Waals surface area contributed by atoms with Crippen molar-refractivity contribution in [2.24, 2.45) is 0 Å². The van der Waals surface area contributed by atoms with Crippen LogP contribution in [0.3, 0.4) is 0 Å². The van der Waals surface area contributed by atoms with E-state index in [2.05, 4.69) is 38.7 Å². The molecule has 0 spiro atoms. The number of rotatable bonds is 6. The average molecular weight is 252 g/mol. The van der Waals surface area contributed by atoms with Crippen LogP contribution in [0.15, 0.2) is 36.9 Å². The molecule has 1 N–H and O–H groups in total. The molecule has 1 nitrogen and oxygen atoms in total. The van der Waals surface area contributed by atoms with E-state index in [1.165, 1.54) is 5.56 Å². The Kier molecular flexibility index (Phi) is 5.23. The first-order valence-electron chi connectivity index (χ1n) is 6.12. The zero-order valence-corrected chi connectivity index (χ0v) is 11.7. The predicted molar refractivity (Wildman–Crippen MR) is 76.5 cm³/mol. The first-order chi connectivity index (χ1) is 7.98. The van der Waals surface area contributed by atoms with Gasteiger partial charge in [-0.1, -0.05) is 36.7 Å². The minimum absolute atomic E-state index is 0.121. The van der Waals surface area contributed by atoms with Crippen molar-refractivity contribution in [3.05, 3.63) is 47.5 Å². The van der Waals surface area contributed by atoms with Gasteiger partial charge >= 0.3 is 0 Å². The maximum atomic E-state index is 6.04. The molecule has 1 unspecified atom stereocenters. The smallest absolute Gasteiger partial charge is 0.0409 e. The number of benzene rings is 1. The summed E-state index contributed by atoms with van der Waals surface area (Å²) >= 11 is 6.04. The molecule has 0 aromatic heterocycles. The standard InChI is InChI=1S/C15H22ClN/c1-5-8-14(17-15(3,4)6-2)12-9-7-10-13(16)11-12/h5,7,9-11,14,17H,1,6,8H2,2-4H3. The third kappa shape index (κ3) is 4.53. The van der Waals surface area contributed by atoms with Crippen LogP contribution in [0.1, 0.15) is 45.2 Å². The van der Waals surface area contributed by atoms with Crippen molar-refractivity contribution in [2.45, 2.75) is 45.2 Å². The fourth-order valence-corrected chi connectivity index (χ4v) is 1.94. The molecule has 0 bridgehead atoms. The highest BCUT2D eigenvalue weighted by Crippen LogP contribution is 2.24.